The number of hydrogen-bond acceptors (Lipinski definition) is 5. The number of benzene rings is 2. The lowest BCUT2D eigenvalue weighted by molar-refractivity contribution is -0.120. The van der Waals surface area contributed by atoms with Crippen LogP contribution in [0.1, 0.15) is 28.8 Å². The van der Waals surface area contributed by atoms with Crippen LogP contribution in [0.5, 0.6) is 0 Å². The zero-order chi connectivity index (χ0) is 21.6. The van der Waals surface area contributed by atoms with Crippen molar-refractivity contribution < 1.29 is 18.0 Å². The average Bonchev–Trinajstić information content (AvgIpc) is 3.28. The molecule has 1 saturated heterocycles. The number of halogens is 1. The van der Waals surface area contributed by atoms with Gasteiger partial charge in [-0.25, -0.2) is 13.8 Å². The number of nitrogens with one attached hydrogen (secondary N) is 2. The van der Waals surface area contributed by atoms with E-state index in [9.17, 15) is 18.0 Å². The highest BCUT2D eigenvalue weighted by molar-refractivity contribution is 9.10. The molecule has 0 spiro atoms. The Kier molecular flexibility index (Phi) is 7.35. The number of amides is 2. The number of rotatable bonds is 7. The van der Waals surface area contributed by atoms with Gasteiger partial charge in [0.05, 0.1) is 17.7 Å². The molecule has 0 atom stereocenters. The van der Waals surface area contributed by atoms with E-state index in [1.54, 1.807) is 0 Å². The summed E-state index contributed by atoms with van der Waals surface area (Å²) in [6, 6.07) is 13.1. The molecular weight excluding hydrogens is 472 g/mol. The van der Waals surface area contributed by atoms with Crippen molar-refractivity contribution in [3.63, 3.8) is 0 Å². The monoisotopic (exact) mass is 492 g/mol. The molecule has 1 fully saturated rings. The third-order valence-corrected chi connectivity index (χ3v) is 6.89. The first kappa shape index (κ1) is 22.1. The zero-order valence-corrected chi connectivity index (χ0v) is 18.4. The molecule has 1 heterocycles. The van der Waals surface area contributed by atoms with Crippen LogP contribution in [0.2, 0.25) is 0 Å². The second-order valence-electron chi connectivity index (χ2n) is 6.67. The van der Waals surface area contributed by atoms with Crippen molar-refractivity contribution in [2.24, 2.45) is 5.10 Å². The van der Waals surface area contributed by atoms with Crippen LogP contribution in [0.15, 0.2) is 63.0 Å². The highest BCUT2D eigenvalue weighted by atomic mass is 79.9. The van der Waals surface area contributed by atoms with Crippen LogP contribution < -0.4 is 10.7 Å². The topological polar surface area (TPSA) is 108 Å². The van der Waals surface area contributed by atoms with Crippen molar-refractivity contribution in [1.82, 2.24) is 15.0 Å². The molecule has 30 heavy (non-hydrogen) atoms. The van der Waals surface area contributed by atoms with E-state index in [-0.39, 0.29) is 17.0 Å². The van der Waals surface area contributed by atoms with Crippen LogP contribution in [-0.4, -0.2) is 50.4 Å². The third kappa shape index (κ3) is 5.74. The number of nitrogens with zero attached hydrogens (tertiary/aromatic N) is 2. The normalized spacial score (nSPS) is 14.7. The van der Waals surface area contributed by atoms with Crippen LogP contribution in [0.3, 0.4) is 0 Å². The van der Waals surface area contributed by atoms with Crippen molar-refractivity contribution >= 4 is 44.0 Å². The van der Waals surface area contributed by atoms with Crippen molar-refractivity contribution in [3.05, 3.63) is 64.1 Å². The van der Waals surface area contributed by atoms with E-state index in [1.807, 2.05) is 24.3 Å². The van der Waals surface area contributed by atoms with Crippen LogP contribution >= 0.6 is 15.9 Å². The summed E-state index contributed by atoms with van der Waals surface area (Å²) < 4.78 is 27.4. The highest BCUT2D eigenvalue weighted by Crippen LogP contribution is 2.21. The molecule has 8 nitrogen and oxygen atoms in total. The van der Waals surface area contributed by atoms with Gasteiger partial charge in [0.1, 0.15) is 0 Å². The predicted molar refractivity (Wildman–Crippen MR) is 117 cm³/mol. The molecule has 0 unspecified atom stereocenters. The minimum Gasteiger partial charge on any atom is -0.343 e. The molecule has 0 saturated carbocycles. The quantitative estimate of drug-likeness (QED) is 0.455. The third-order valence-electron chi connectivity index (χ3n) is 4.48. The van der Waals surface area contributed by atoms with E-state index >= 15 is 0 Å². The van der Waals surface area contributed by atoms with Crippen LogP contribution in [0, 0.1) is 0 Å². The van der Waals surface area contributed by atoms with Crippen molar-refractivity contribution in [1.29, 1.82) is 0 Å². The van der Waals surface area contributed by atoms with E-state index < -0.39 is 21.8 Å². The fourth-order valence-corrected chi connectivity index (χ4v) is 4.86. The van der Waals surface area contributed by atoms with Gasteiger partial charge in [-0.3, -0.25) is 9.59 Å². The lowest BCUT2D eigenvalue weighted by Crippen LogP contribution is -2.35. The molecule has 10 heteroatoms. The molecule has 0 aliphatic carbocycles. The maximum atomic E-state index is 12.5. The lowest BCUT2D eigenvalue weighted by atomic mass is 10.2. The maximum absolute atomic E-state index is 12.5. The molecule has 1 aliphatic rings. The average molecular weight is 493 g/mol. The molecular formula is C20H21BrN4O4S. The summed E-state index contributed by atoms with van der Waals surface area (Å²) in [6.07, 6.45) is 3.20. The maximum Gasteiger partial charge on any atom is 0.259 e. The van der Waals surface area contributed by atoms with Gasteiger partial charge in [-0.05, 0) is 54.8 Å². The molecule has 2 aromatic rings. The fourth-order valence-electron chi connectivity index (χ4n) is 2.92. The summed E-state index contributed by atoms with van der Waals surface area (Å²) in [5.41, 5.74) is 3.40. The van der Waals surface area contributed by atoms with Gasteiger partial charge in [0.25, 0.3) is 11.8 Å². The zero-order valence-electron chi connectivity index (χ0n) is 16.0. The summed E-state index contributed by atoms with van der Waals surface area (Å²) in [6.45, 7) is 0.774. The van der Waals surface area contributed by atoms with E-state index in [0.717, 1.165) is 22.9 Å². The van der Waals surface area contributed by atoms with Gasteiger partial charge in [0.15, 0.2) is 0 Å². The minimum atomic E-state index is -3.52. The molecule has 2 amide bonds. The Balaban J connectivity index is 1.50. The molecule has 2 N–H and O–H groups in total. The van der Waals surface area contributed by atoms with Gasteiger partial charge in [-0.2, -0.15) is 9.41 Å². The molecule has 0 aromatic heterocycles. The minimum absolute atomic E-state index is 0.153. The Hall–Kier alpha value is -2.56. The molecule has 158 valence electrons. The summed E-state index contributed by atoms with van der Waals surface area (Å²) in [4.78, 5) is 24.2. The molecule has 0 radical (unpaired) electrons. The highest BCUT2D eigenvalue weighted by Gasteiger charge is 2.27. The predicted octanol–water partition coefficient (Wildman–Crippen LogP) is 2.11. The lowest BCUT2D eigenvalue weighted by Gasteiger charge is -2.15. The summed E-state index contributed by atoms with van der Waals surface area (Å²) in [5.74, 6) is -0.964. The molecule has 0 bridgehead atoms. The Morgan fingerprint density at radius 2 is 1.80 bits per heavy atom. The molecule has 3 rings (SSSR count). The molecule has 2 aromatic carbocycles. The number of hydrazone groups is 1. The van der Waals surface area contributed by atoms with Gasteiger partial charge >= 0.3 is 0 Å². The van der Waals surface area contributed by atoms with Crippen LogP contribution in [-0.2, 0) is 14.8 Å². The van der Waals surface area contributed by atoms with E-state index in [0.29, 0.717) is 13.1 Å². The summed E-state index contributed by atoms with van der Waals surface area (Å²) in [7, 11) is -3.52. The fraction of sp³-hybridized carbons (Fsp3) is 0.250. The van der Waals surface area contributed by atoms with E-state index in [4.69, 9.17) is 0 Å². The van der Waals surface area contributed by atoms with Crippen LogP contribution in [0.4, 0.5) is 0 Å². The van der Waals surface area contributed by atoms with Crippen molar-refractivity contribution in [3.8, 4) is 0 Å². The molecule has 1 aliphatic heterocycles. The first-order valence-electron chi connectivity index (χ1n) is 9.32. The second kappa shape index (κ2) is 9.96. The Labute approximate surface area is 183 Å². The first-order chi connectivity index (χ1) is 14.4. The van der Waals surface area contributed by atoms with Gasteiger partial charge in [0.2, 0.25) is 10.0 Å². The second-order valence-corrected chi connectivity index (χ2v) is 9.52. The van der Waals surface area contributed by atoms with Gasteiger partial charge in [0, 0.05) is 23.1 Å². The van der Waals surface area contributed by atoms with E-state index in [2.05, 4.69) is 31.8 Å². The number of carbonyl (C=O) groups is 2. The van der Waals surface area contributed by atoms with E-state index in [1.165, 1.54) is 34.8 Å². The smallest absolute Gasteiger partial charge is 0.259 e. The van der Waals surface area contributed by atoms with Gasteiger partial charge < -0.3 is 5.32 Å². The largest absolute Gasteiger partial charge is 0.343 e. The van der Waals surface area contributed by atoms with Crippen molar-refractivity contribution in [2.75, 3.05) is 19.6 Å². The van der Waals surface area contributed by atoms with Crippen LogP contribution in [0.25, 0.3) is 0 Å². The standard InChI is InChI=1S/C20H21BrN4O4S/c21-17-5-3-4-15(12-17)13-23-24-19(26)14-22-20(27)16-6-8-18(9-7-16)30(28,29)25-10-1-2-11-25/h3-9,12-13H,1-2,10-11,14H2,(H,22,27)(H,24,26). The van der Waals surface area contributed by atoms with Gasteiger partial charge in [-0.15, -0.1) is 0 Å². The number of carbonyl (C=O) groups excluding carboxylic acids is 2. The summed E-state index contributed by atoms with van der Waals surface area (Å²) in [5, 5.41) is 6.32. The van der Waals surface area contributed by atoms with Gasteiger partial charge in [-0.1, -0.05) is 28.1 Å². The van der Waals surface area contributed by atoms with Crippen molar-refractivity contribution in [2.45, 2.75) is 17.7 Å². The number of sulfonamides is 1. The SMILES string of the molecule is O=C(CNC(=O)c1ccc(S(=O)(=O)N2CCCC2)cc1)NN=Cc1cccc(Br)c1. The number of hydrogen-bond donors (Lipinski definition) is 2. The Morgan fingerprint density at radius 3 is 2.47 bits per heavy atom. The summed E-state index contributed by atoms with van der Waals surface area (Å²) >= 11 is 3.35. The Morgan fingerprint density at radius 1 is 1.10 bits per heavy atom. The Bertz CT molecular complexity index is 1050. The first-order valence-corrected chi connectivity index (χ1v) is 11.6.